The summed E-state index contributed by atoms with van der Waals surface area (Å²) in [5.74, 6) is -0.0480. The summed E-state index contributed by atoms with van der Waals surface area (Å²) in [5.41, 5.74) is -1.07. The number of amides is 1. The van der Waals surface area contributed by atoms with Gasteiger partial charge in [0.15, 0.2) is 0 Å². The molecule has 0 aliphatic carbocycles. The fourth-order valence-electron chi connectivity index (χ4n) is 2.97. The van der Waals surface area contributed by atoms with E-state index in [0.29, 0.717) is 24.9 Å². The van der Waals surface area contributed by atoms with E-state index in [9.17, 15) is 23.1 Å². The van der Waals surface area contributed by atoms with E-state index < -0.39 is 23.6 Å². The third-order valence-corrected chi connectivity index (χ3v) is 3.98. The van der Waals surface area contributed by atoms with Gasteiger partial charge < -0.3 is 14.7 Å². The smallest absolute Gasteiger partial charge is 0.433 e. The largest absolute Gasteiger partial charge is 0.444 e. The van der Waals surface area contributed by atoms with Crippen molar-refractivity contribution in [1.82, 2.24) is 9.88 Å². The number of rotatable bonds is 3. The van der Waals surface area contributed by atoms with E-state index in [1.165, 1.54) is 4.90 Å². The van der Waals surface area contributed by atoms with Gasteiger partial charge in [-0.25, -0.2) is 4.79 Å². The average Bonchev–Trinajstić information content (AvgIpc) is 2.88. The van der Waals surface area contributed by atoms with Crippen LogP contribution in [0.4, 0.5) is 18.0 Å². The molecule has 2 rings (SSSR count). The van der Waals surface area contributed by atoms with E-state index in [2.05, 4.69) is 4.98 Å². The van der Waals surface area contributed by atoms with Gasteiger partial charge in [-0.1, -0.05) is 0 Å². The number of carbonyl (C=O) groups is 1. The zero-order chi connectivity index (χ0) is 18.8. The maximum Gasteiger partial charge on any atom is 0.433 e. The molecule has 140 valence electrons. The van der Waals surface area contributed by atoms with Crippen LogP contribution in [0.5, 0.6) is 0 Å². The first kappa shape index (κ1) is 19.5. The molecule has 0 radical (unpaired) electrons. The number of alkyl halides is 3. The molecule has 1 fully saturated rings. The van der Waals surface area contributed by atoms with Crippen molar-refractivity contribution in [2.75, 3.05) is 13.2 Å². The summed E-state index contributed by atoms with van der Waals surface area (Å²) < 4.78 is 43.6. The number of likely N-dealkylation sites (tertiary alicyclic amines) is 1. The molecule has 2 heterocycles. The quantitative estimate of drug-likeness (QED) is 0.899. The molecule has 1 aromatic heterocycles. The Balaban J connectivity index is 2.06. The van der Waals surface area contributed by atoms with Gasteiger partial charge in [0.1, 0.15) is 11.3 Å². The van der Waals surface area contributed by atoms with Gasteiger partial charge in [-0.2, -0.15) is 13.2 Å². The summed E-state index contributed by atoms with van der Waals surface area (Å²) >= 11 is 0. The molecule has 1 amide bonds. The third kappa shape index (κ3) is 5.32. The van der Waals surface area contributed by atoms with E-state index in [-0.39, 0.29) is 18.6 Å². The zero-order valence-corrected chi connectivity index (χ0v) is 14.5. The van der Waals surface area contributed by atoms with E-state index >= 15 is 0 Å². The lowest BCUT2D eigenvalue weighted by atomic mass is 9.97. The van der Waals surface area contributed by atoms with Crippen LogP contribution >= 0.6 is 0 Å². The lowest BCUT2D eigenvalue weighted by Gasteiger charge is -2.27. The number of halogens is 3. The van der Waals surface area contributed by atoms with Gasteiger partial charge in [0.05, 0.1) is 12.6 Å². The van der Waals surface area contributed by atoms with Gasteiger partial charge in [-0.15, -0.1) is 0 Å². The van der Waals surface area contributed by atoms with Crippen molar-refractivity contribution in [2.45, 2.75) is 51.4 Å². The molecule has 1 saturated heterocycles. The number of carbonyl (C=O) groups excluding carboxylic acids is 1. The summed E-state index contributed by atoms with van der Waals surface area (Å²) in [4.78, 5) is 17.1. The van der Waals surface area contributed by atoms with Crippen molar-refractivity contribution >= 4 is 6.09 Å². The molecule has 0 saturated carbocycles. The highest BCUT2D eigenvalue weighted by molar-refractivity contribution is 5.69. The molecule has 0 bridgehead atoms. The van der Waals surface area contributed by atoms with Crippen LogP contribution in [0.15, 0.2) is 18.3 Å². The number of hydrogen-bond acceptors (Lipinski definition) is 4. The molecular weight excluding hydrogens is 337 g/mol. The van der Waals surface area contributed by atoms with Crippen molar-refractivity contribution in [3.05, 3.63) is 29.6 Å². The normalized spacial score (nSPS) is 21.5. The predicted octanol–water partition coefficient (Wildman–Crippen LogP) is 3.26. The van der Waals surface area contributed by atoms with Gasteiger partial charge in [0, 0.05) is 12.7 Å². The first-order chi connectivity index (χ1) is 11.5. The molecule has 1 N–H and O–H groups in total. The Morgan fingerprint density at radius 1 is 1.40 bits per heavy atom. The van der Waals surface area contributed by atoms with Gasteiger partial charge >= 0.3 is 12.3 Å². The van der Waals surface area contributed by atoms with Gasteiger partial charge in [-0.3, -0.25) is 4.98 Å². The monoisotopic (exact) mass is 360 g/mol. The van der Waals surface area contributed by atoms with E-state index in [0.717, 1.165) is 12.3 Å². The van der Waals surface area contributed by atoms with Gasteiger partial charge in [0.2, 0.25) is 0 Å². The fraction of sp³-hybridized carbons (Fsp3) is 0.647. The average molecular weight is 360 g/mol. The van der Waals surface area contributed by atoms with Crippen LogP contribution in [0.1, 0.15) is 38.4 Å². The molecule has 0 unspecified atom stereocenters. The predicted molar refractivity (Wildman–Crippen MR) is 84.9 cm³/mol. The second-order valence-electron chi connectivity index (χ2n) is 7.32. The molecule has 1 aliphatic heterocycles. The van der Waals surface area contributed by atoms with Crippen LogP contribution in [-0.2, 0) is 17.3 Å². The highest BCUT2D eigenvalue weighted by Crippen LogP contribution is 2.31. The lowest BCUT2D eigenvalue weighted by molar-refractivity contribution is -0.141. The lowest BCUT2D eigenvalue weighted by Crippen LogP contribution is -2.41. The third-order valence-electron chi connectivity index (χ3n) is 3.98. The first-order valence-corrected chi connectivity index (χ1v) is 8.12. The van der Waals surface area contributed by atoms with Crippen molar-refractivity contribution in [3.63, 3.8) is 0 Å². The van der Waals surface area contributed by atoms with Crippen LogP contribution in [0, 0.1) is 5.92 Å². The maximum atomic E-state index is 12.8. The Hall–Kier alpha value is -1.83. The fourth-order valence-corrected chi connectivity index (χ4v) is 2.97. The van der Waals surface area contributed by atoms with Crippen molar-refractivity contribution in [1.29, 1.82) is 0 Å². The van der Waals surface area contributed by atoms with Crippen molar-refractivity contribution < 1.29 is 27.8 Å². The number of nitrogens with zero attached hydrogens (tertiary/aromatic N) is 2. The summed E-state index contributed by atoms with van der Waals surface area (Å²) in [6.45, 7) is 5.38. The number of ether oxygens (including phenoxy) is 1. The Morgan fingerprint density at radius 2 is 2.08 bits per heavy atom. The summed E-state index contributed by atoms with van der Waals surface area (Å²) in [6, 6.07) is 2.19. The highest BCUT2D eigenvalue weighted by Gasteiger charge is 2.37. The topological polar surface area (TPSA) is 62.7 Å². The first-order valence-electron chi connectivity index (χ1n) is 8.12. The van der Waals surface area contributed by atoms with E-state index in [1.54, 1.807) is 26.8 Å². The number of aliphatic hydroxyl groups excluding tert-OH is 1. The Kier molecular flexibility index (Phi) is 5.61. The second-order valence-corrected chi connectivity index (χ2v) is 7.32. The number of aliphatic hydroxyl groups is 1. The molecule has 0 spiro atoms. The van der Waals surface area contributed by atoms with Crippen molar-refractivity contribution in [2.24, 2.45) is 5.92 Å². The number of hydrogen-bond donors (Lipinski definition) is 1. The van der Waals surface area contributed by atoms with Crippen molar-refractivity contribution in [3.8, 4) is 0 Å². The molecule has 0 aromatic carbocycles. The van der Waals surface area contributed by atoms with Gasteiger partial charge in [0.25, 0.3) is 0 Å². The Morgan fingerprint density at radius 3 is 2.64 bits per heavy atom. The minimum Gasteiger partial charge on any atom is -0.444 e. The van der Waals surface area contributed by atoms with Crippen LogP contribution < -0.4 is 0 Å². The highest BCUT2D eigenvalue weighted by atomic mass is 19.4. The second kappa shape index (κ2) is 7.19. The molecule has 25 heavy (non-hydrogen) atoms. The Labute approximate surface area is 144 Å². The molecule has 1 aromatic rings. The maximum absolute atomic E-state index is 12.8. The van der Waals surface area contributed by atoms with Crippen LogP contribution in [0.2, 0.25) is 0 Å². The molecule has 2 atom stereocenters. The number of pyridine rings is 1. The molecule has 1 aliphatic rings. The number of aromatic nitrogens is 1. The van der Waals surface area contributed by atoms with Crippen LogP contribution in [0.3, 0.4) is 0 Å². The van der Waals surface area contributed by atoms with E-state index in [1.807, 2.05) is 0 Å². The summed E-state index contributed by atoms with van der Waals surface area (Å²) in [5, 5.41) is 9.51. The molecule has 5 nitrogen and oxygen atoms in total. The minimum absolute atomic E-state index is 0.0480. The molecular formula is C17H23F3N2O3. The zero-order valence-electron chi connectivity index (χ0n) is 14.5. The van der Waals surface area contributed by atoms with Crippen LogP contribution in [-0.4, -0.2) is 45.9 Å². The summed E-state index contributed by atoms with van der Waals surface area (Å²) in [7, 11) is 0. The van der Waals surface area contributed by atoms with E-state index in [4.69, 9.17) is 4.74 Å². The SMILES string of the molecule is CC(C)(C)OC(=O)N1C[C@H](Cc2ccnc(C(F)(F)F)c2)C[C@H]1CO. The van der Waals surface area contributed by atoms with Gasteiger partial charge in [-0.05, 0) is 57.2 Å². The summed E-state index contributed by atoms with van der Waals surface area (Å²) in [6.07, 6.45) is -2.97. The minimum atomic E-state index is -4.48. The molecule has 8 heteroatoms. The standard InChI is InChI=1S/C17H23F3N2O3/c1-16(2,3)25-15(24)22-9-12(7-13(22)10-23)6-11-4-5-21-14(8-11)17(18,19)20/h4-5,8,12-13,23H,6-7,9-10H2,1-3H3/t12-,13+/m1/s1. The van der Waals surface area contributed by atoms with Crippen LogP contribution in [0.25, 0.3) is 0 Å². The Bertz CT molecular complexity index is 614.